The van der Waals surface area contributed by atoms with Gasteiger partial charge in [-0.05, 0) is 12.5 Å². The maximum atomic E-state index is 13.5. The lowest BCUT2D eigenvalue weighted by atomic mass is 10.1. The fraction of sp³-hybridized carbons (Fsp3) is 0.333. The molecule has 1 rings (SSSR count). The molecule has 0 heterocycles. The third-order valence-electron chi connectivity index (χ3n) is 2.54. The van der Waals surface area contributed by atoms with E-state index in [9.17, 15) is 18.0 Å². The number of benzene rings is 1. The molecule has 0 aliphatic heterocycles. The second-order valence-electron chi connectivity index (χ2n) is 3.82. The van der Waals surface area contributed by atoms with Crippen LogP contribution in [0.25, 0.3) is 0 Å². The third kappa shape index (κ3) is 3.16. The average molecular weight is 272 g/mol. The minimum absolute atomic E-state index is 0.000478. The molecule has 0 saturated carbocycles. The van der Waals surface area contributed by atoms with Crippen LogP contribution in [0, 0.1) is 28.8 Å². The summed E-state index contributed by atoms with van der Waals surface area (Å²) in [6, 6.07) is 1.65. The molecule has 0 aliphatic rings. The number of nitrogens with one attached hydrogen (secondary N) is 1. The number of aromatic hydroxyl groups is 1. The molecule has 0 saturated heterocycles. The molecule has 19 heavy (non-hydrogen) atoms. The minimum Gasteiger partial charge on any atom is -0.503 e. The number of nitriles is 1. The number of phenols is 1. The van der Waals surface area contributed by atoms with E-state index in [1.165, 1.54) is 0 Å². The number of rotatable bonds is 4. The van der Waals surface area contributed by atoms with Crippen molar-refractivity contribution < 1.29 is 23.1 Å². The summed E-state index contributed by atoms with van der Waals surface area (Å²) in [5, 5.41) is 19.8. The average Bonchev–Trinajstić information content (AvgIpc) is 2.39. The zero-order valence-corrected chi connectivity index (χ0v) is 10.0. The van der Waals surface area contributed by atoms with Crippen LogP contribution in [-0.2, 0) is 0 Å². The standard InChI is InChI=1S/C12H11F3N2O2/c1-2-6(3-4-16)17-12(19)7-5-8(13)10(15)11(18)9(7)14/h5-6,18H,2-3H2,1H3,(H,17,19). The molecule has 2 N–H and O–H groups in total. The van der Waals surface area contributed by atoms with Gasteiger partial charge in [0.25, 0.3) is 5.91 Å². The van der Waals surface area contributed by atoms with Crippen molar-refractivity contribution in [3.8, 4) is 11.8 Å². The van der Waals surface area contributed by atoms with Crippen LogP contribution < -0.4 is 5.32 Å². The number of hydrogen-bond acceptors (Lipinski definition) is 3. The molecular weight excluding hydrogens is 261 g/mol. The zero-order chi connectivity index (χ0) is 14.6. The summed E-state index contributed by atoms with van der Waals surface area (Å²) in [5.41, 5.74) is -0.812. The van der Waals surface area contributed by atoms with Gasteiger partial charge in [-0.25, -0.2) is 8.78 Å². The first kappa shape index (κ1) is 14.8. The lowest BCUT2D eigenvalue weighted by Crippen LogP contribution is -2.34. The Hall–Kier alpha value is -2.23. The molecule has 0 spiro atoms. The maximum Gasteiger partial charge on any atom is 0.254 e. The van der Waals surface area contributed by atoms with E-state index in [1.807, 2.05) is 6.07 Å². The molecular formula is C12H11F3N2O2. The summed E-state index contributed by atoms with van der Waals surface area (Å²) in [6.07, 6.45) is 0.413. The van der Waals surface area contributed by atoms with Gasteiger partial charge in [0.2, 0.25) is 5.82 Å². The first-order chi connectivity index (χ1) is 8.92. The summed E-state index contributed by atoms with van der Waals surface area (Å²) in [7, 11) is 0. The number of hydrogen-bond donors (Lipinski definition) is 2. The Morgan fingerprint density at radius 2 is 2.11 bits per heavy atom. The van der Waals surface area contributed by atoms with Gasteiger partial charge >= 0.3 is 0 Å². The summed E-state index contributed by atoms with van der Waals surface area (Å²) in [4.78, 5) is 11.7. The van der Waals surface area contributed by atoms with Gasteiger partial charge in [0.15, 0.2) is 17.4 Å². The summed E-state index contributed by atoms with van der Waals surface area (Å²) in [5.74, 6) is -7.38. The highest BCUT2D eigenvalue weighted by molar-refractivity contribution is 5.95. The van der Waals surface area contributed by atoms with Gasteiger partial charge in [-0.3, -0.25) is 4.79 Å². The Labute approximate surface area is 107 Å². The fourth-order valence-electron chi connectivity index (χ4n) is 1.43. The molecule has 7 heteroatoms. The number of carbonyl (C=O) groups is 1. The van der Waals surface area contributed by atoms with Crippen molar-refractivity contribution in [1.82, 2.24) is 5.32 Å². The lowest BCUT2D eigenvalue weighted by Gasteiger charge is -2.14. The van der Waals surface area contributed by atoms with Gasteiger partial charge < -0.3 is 10.4 Å². The van der Waals surface area contributed by atoms with Crippen molar-refractivity contribution in [3.05, 3.63) is 29.1 Å². The van der Waals surface area contributed by atoms with Crippen molar-refractivity contribution in [2.75, 3.05) is 0 Å². The van der Waals surface area contributed by atoms with Crippen molar-refractivity contribution in [2.45, 2.75) is 25.8 Å². The monoisotopic (exact) mass is 272 g/mol. The largest absolute Gasteiger partial charge is 0.503 e. The van der Waals surface area contributed by atoms with E-state index >= 15 is 0 Å². The van der Waals surface area contributed by atoms with Crippen molar-refractivity contribution in [1.29, 1.82) is 5.26 Å². The number of halogens is 3. The quantitative estimate of drug-likeness (QED) is 0.825. The van der Waals surface area contributed by atoms with Gasteiger partial charge in [0, 0.05) is 6.04 Å². The Morgan fingerprint density at radius 1 is 1.47 bits per heavy atom. The van der Waals surface area contributed by atoms with E-state index in [-0.39, 0.29) is 6.42 Å². The second-order valence-corrected chi connectivity index (χ2v) is 3.82. The maximum absolute atomic E-state index is 13.5. The van der Waals surface area contributed by atoms with Crippen LogP contribution in [0.3, 0.4) is 0 Å². The first-order valence-corrected chi connectivity index (χ1v) is 5.46. The predicted molar refractivity (Wildman–Crippen MR) is 59.8 cm³/mol. The SMILES string of the molecule is CCC(CC#N)NC(=O)c1cc(F)c(F)c(O)c1F. The highest BCUT2D eigenvalue weighted by atomic mass is 19.2. The second kappa shape index (κ2) is 6.09. The predicted octanol–water partition coefficient (Wildman–Crippen LogP) is 2.23. The van der Waals surface area contributed by atoms with E-state index in [2.05, 4.69) is 5.32 Å². The van der Waals surface area contributed by atoms with E-state index in [0.29, 0.717) is 12.5 Å². The van der Waals surface area contributed by atoms with Crippen LogP contribution >= 0.6 is 0 Å². The van der Waals surface area contributed by atoms with Crippen LogP contribution in [0.5, 0.6) is 5.75 Å². The van der Waals surface area contributed by atoms with E-state index in [0.717, 1.165) is 0 Å². The fourth-order valence-corrected chi connectivity index (χ4v) is 1.43. The molecule has 1 unspecified atom stereocenters. The van der Waals surface area contributed by atoms with Crippen LogP contribution in [0.2, 0.25) is 0 Å². The Morgan fingerprint density at radius 3 is 2.63 bits per heavy atom. The Balaban J connectivity index is 3.04. The summed E-state index contributed by atoms with van der Waals surface area (Å²) >= 11 is 0. The smallest absolute Gasteiger partial charge is 0.254 e. The molecule has 1 aromatic carbocycles. The Kier molecular flexibility index (Phi) is 4.75. The van der Waals surface area contributed by atoms with E-state index in [4.69, 9.17) is 10.4 Å². The first-order valence-electron chi connectivity index (χ1n) is 5.46. The molecule has 0 aromatic heterocycles. The lowest BCUT2D eigenvalue weighted by molar-refractivity contribution is 0.0930. The van der Waals surface area contributed by atoms with Gasteiger partial charge in [0.1, 0.15) is 0 Å². The Bertz CT molecular complexity index is 541. The van der Waals surface area contributed by atoms with Crippen LogP contribution in [0.4, 0.5) is 13.2 Å². The molecule has 1 amide bonds. The van der Waals surface area contributed by atoms with Crippen molar-refractivity contribution >= 4 is 5.91 Å². The normalized spacial score (nSPS) is 11.7. The highest BCUT2D eigenvalue weighted by Crippen LogP contribution is 2.25. The van der Waals surface area contributed by atoms with Crippen LogP contribution in [0.15, 0.2) is 6.07 Å². The molecule has 4 nitrogen and oxygen atoms in total. The van der Waals surface area contributed by atoms with Gasteiger partial charge in [-0.2, -0.15) is 9.65 Å². The van der Waals surface area contributed by atoms with Crippen LogP contribution in [-0.4, -0.2) is 17.1 Å². The zero-order valence-electron chi connectivity index (χ0n) is 10.0. The van der Waals surface area contributed by atoms with Crippen molar-refractivity contribution in [3.63, 3.8) is 0 Å². The van der Waals surface area contributed by atoms with Gasteiger partial charge in [0.05, 0.1) is 18.1 Å². The molecule has 0 radical (unpaired) electrons. The third-order valence-corrected chi connectivity index (χ3v) is 2.54. The summed E-state index contributed by atoms with van der Waals surface area (Å²) < 4.78 is 39.3. The molecule has 102 valence electrons. The number of phenolic OH excluding ortho intramolecular Hbond substituents is 1. The minimum atomic E-state index is -1.75. The topological polar surface area (TPSA) is 73.1 Å². The summed E-state index contributed by atoms with van der Waals surface area (Å²) in [6.45, 7) is 1.70. The molecule has 0 aliphatic carbocycles. The highest BCUT2D eigenvalue weighted by Gasteiger charge is 2.23. The number of carbonyl (C=O) groups excluding carboxylic acids is 1. The van der Waals surface area contributed by atoms with Gasteiger partial charge in [-0.1, -0.05) is 6.92 Å². The molecule has 0 fully saturated rings. The van der Waals surface area contributed by atoms with Gasteiger partial charge in [-0.15, -0.1) is 0 Å². The number of nitrogens with zero attached hydrogens (tertiary/aromatic N) is 1. The van der Waals surface area contributed by atoms with Crippen LogP contribution in [0.1, 0.15) is 30.1 Å². The number of amides is 1. The molecule has 1 aromatic rings. The van der Waals surface area contributed by atoms with E-state index < -0.39 is 40.7 Å². The molecule has 1 atom stereocenters. The molecule has 0 bridgehead atoms. The van der Waals surface area contributed by atoms with Crippen molar-refractivity contribution in [2.24, 2.45) is 0 Å². The van der Waals surface area contributed by atoms with E-state index in [1.54, 1.807) is 6.92 Å².